The summed E-state index contributed by atoms with van der Waals surface area (Å²) in [7, 11) is 0. The first kappa shape index (κ1) is 21.9. The van der Waals surface area contributed by atoms with Crippen molar-refractivity contribution in [1.29, 1.82) is 0 Å². The molecule has 0 atom stereocenters. The molecule has 1 aromatic heterocycles. The van der Waals surface area contributed by atoms with Gasteiger partial charge in [-0.15, -0.1) is 0 Å². The molecule has 2 N–H and O–H groups in total. The number of thiocarbonyl (C=S) groups is 1. The summed E-state index contributed by atoms with van der Waals surface area (Å²) in [6.07, 6.45) is 2.88. The number of hydrogen-bond acceptors (Lipinski definition) is 4. The Morgan fingerprint density at radius 1 is 1.10 bits per heavy atom. The van der Waals surface area contributed by atoms with Crippen LogP contribution in [0.1, 0.15) is 12.7 Å². The van der Waals surface area contributed by atoms with Gasteiger partial charge in [-0.05, 0) is 79.8 Å². The van der Waals surface area contributed by atoms with E-state index in [1.54, 1.807) is 36.4 Å². The Balaban J connectivity index is 1.55. The Hall–Kier alpha value is -2.80. The van der Waals surface area contributed by atoms with Gasteiger partial charge in [0.15, 0.2) is 5.11 Å². The van der Waals surface area contributed by atoms with E-state index in [0.29, 0.717) is 28.2 Å². The fraction of sp³-hybridized carbons (Fsp3) is 0.0909. The van der Waals surface area contributed by atoms with Gasteiger partial charge in [0.05, 0.1) is 6.61 Å². The minimum atomic E-state index is -0.387. The average Bonchev–Trinajstić information content (AvgIpc) is 3.16. The lowest BCUT2D eigenvalue weighted by Gasteiger charge is -2.09. The Morgan fingerprint density at radius 2 is 1.80 bits per heavy atom. The SMILES string of the molecule is CCOc1ccc(NC(=S)NC(=O)/C=C/c2ccc(-c3cc(Cl)cc(Cl)c3)o2)cc1. The van der Waals surface area contributed by atoms with Crippen LogP contribution >= 0.6 is 35.4 Å². The summed E-state index contributed by atoms with van der Waals surface area (Å²) in [4.78, 5) is 12.1. The molecule has 8 heteroatoms. The second-order valence-electron chi connectivity index (χ2n) is 6.09. The minimum Gasteiger partial charge on any atom is -0.494 e. The molecule has 3 rings (SSSR count). The van der Waals surface area contributed by atoms with Crippen LogP contribution in [0.4, 0.5) is 5.69 Å². The molecule has 0 fully saturated rings. The molecule has 0 unspecified atom stereocenters. The van der Waals surface area contributed by atoms with Gasteiger partial charge in [0, 0.05) is 27.4 Å². The molecule has 0 aliphatic rings. The summed E-state index contributed by atoms with van der Waals surface area (Å²) < 4.78 is 11.1. The number of ether oxygens (including phenoxy) is 1. The fourth-order valence-electron chi connectivity index (χ4n) is 2.57. The third-order valence-electron chi connectivity index (χ3n) is 3.83. The summed E-state index contributed by atoms with van der Waals surface area (Å²) in [5.74, 6) is 1.47. The molecule has 1 heterocycles. The van der Waals surface area contributed by atoms with Crippen LogP contribution < -0.4 is 15.4 Å². The maximum atomic E-state index is 12.1. The molecule has 0 bridgehead atoms. The summed E-state index contributed by atoms with van der Waals surface area (Å²) >= 11 is 17.2. The third-order valence-corrected chi connectivity index (χ3v) is 4.47. The van der Waals surface area contributed by atoms with Crippen LogP contribution in [0.2, 0.25) is 10.0 Å². The van der Waals surface area contributed by atoms with E-state index in [0.717, 1.165) is 17.0 Å². The van der Waals surface area contributed by atoms with Crippen LogP contribution in [0.3, 0.4) is 0 Å². The van der Waals surface area contributed by atoms with Crippen molar-refractivity contribution < 1.29 is 13.9 Å². The summed E-state index contributed by atoms with van der Waals surface area (Å²) in [5.41, 5.74) is 1.49. The van der Waals surface area contributed by atoms with Crippen LogP contribution in [-0.2, 0) is 4.79 Å². The first-order valence-corrected chi connectivity index (χ1v) is 10.2. The Morgan fingerprint density at radius 3 is 2.47 bits per heavy atom. The van der Waals surface area contributed by atoms with Crippen LogP contribution in [-0.4, -0.2) is 17.6 Å². The molecule has 0 saturated carbocycles. The molecule has 2 aromatic carbocycles. The van der Waals surface area contributed by atoms with E-state index < -0.39 is 0 Å². The van der Waals surface area contributed by atoms with Crippen molar-refractivity contribution >= 4 is 58.2 Å². The predicted octanol–water partition coefficient (Wildman–Crippen LogP) is 6.18. The van der Waals surface area contributed by atoms with Crippen molar-refractivity contribution in [3.63, 3.8) is 0 Å². The number of rotatable bonds is 6. The zero-order valence-electron chi connectivity index (χ0n) is 15.9. The van der Waals surface area contributed by atoms with E-state index in [2.05, 4.69) is 10.6 Å². The highest BCUT2D eigenvalue weighted by molar-refractivity contribution is 7.80. The maximum Gasteiger partial charge on any atom is 0.250 e. The number of carbonyl (C=O) groups excluding carboxylic acids is 1. The van der Waals surface area contributed by atoms with Crippen molar-refractivity contribution in [3.05, 3.63) is 76.5 Å². The van der Waals surface area contributed by atoms with Gasteiger partial charge in [-0.2, -0.15) is 0 Å². The van der Waals surface area contributed by atoms with E-state index in [1.165, 1.54) is 6.08 Å². The van der Waals surface area contributed by atoms with Crippen LogP contribution in [0, 0.1) is 0 Å². The molecule has 0 saturated heterocycles. The largest absolute Gasteiger partial charge is 0.494 e. The average molecular weight is 461 g/mol. The van der Waals surface area contributed by atoms with Gasteiger partial charge in [0.2, 0.25) is 5.91 Å². The van der Waals surface area contributed by atoms with E-state index >= 15 is 0 Å². The molecular weight excluding hydrogens is 443 g/mol. The second kappa shape index (κ2) is 10.3. The lowest BCUT2D eigenvalue weighted by Crippen LogP contribution is -2.32. The van der Waals surface area contributed by atoms with Crippen molar-refractivity contribution in [1.82, 2.24) is 5.32 Å². The number of anilines is 1. The van der Waals surface area contributed by atoms with Crippen molar-refractivity contribution in [3.8, 4) is 17.1 Å². The Kier molecular flexibility index (Phi) is 7.52. The highest BCUT2D eigenvalue weighted by Gasteiger charge is 2.07. The lowest BCUT2D eigenvalue weighted by atomic mass is 10.2. The second-order valence-corrected chi connectivity index (χ2v) is 7.38. The molecule has 0 aliphatic heterocycles. The van der Waals surface area contributed by atoms with Crippen molar-refractivity contribution in [2.45, 2.75) is 6.92 Å². The molecule has 154 valence electrons. The molecule has 0 radical (unpaired) electrons. The maximum absolute atomic E-state index is 12.1. The molecule has 0 spiro atoms. The van der Waals surface area contributed by atoms with Gasteiger partial charge < -0.3 is 14.5 Å². The molecule has 1 amide bonds. The molecular formula is C22H18Cl2N2O3S. The number of nitrogens with one attached hydrogen (secondary N) is 2. The van der Waals surface area contributed by atoms with Crippen LogP contribution in [0.5, 0.6) is 5.75 Å². The first-order valence-electron chi connectivity index (χ1n) is 9.02. The fourth-order valence-corrected chi connectivity index (χ4v) is 3.31. The Labute approximate surface area is 189 Å². The molecule has 3 aromatic rings. The quantitative estimate of drug-likeness (QED) is 0.339. The number of carbonyl (C=O) groups is 1. The number of amides is 1. The summed E-state index contributed by atoms with van der Waals surface area (Å²) in [5, 5.41) is 6.73. The van der Waals surface area contributed by atoms with Crippen molar-refractivity contribution in [2.75, 3.05) is 11.9 Å². The number of hydrogen-bond donors (Lipinski definition) is 2. The van der Waals surface area contributed by atoms with E-state index in [1.807, 2.05) is 31.2 Å². The standard InChI is InChI=1S/C22H18Cl2N2O3S/c1-2-28-18-5-3-17(4-6-18)25-22(30)26-21(27)10-8-19-7-9-20(29-19)14-11-15(23)13-16(24)12-14/h3-13H,2H2,1H3,(H2,25,26,27,30)/b10-8+. The van der Waals surface area contributed by atoms with Gasteiger partial charge in [-0.3, -0.25) is 10.1 Å². The smallest absolute Gasteiger partial charge is 0.250 e. The van der Waals surface area contributed by atoms with Crippen molar-refractivity contribution in [2.24, 2.45) is 0 Å². The van der Waals surface area contributed by atoms with Gasteiger partial charge in [-0.1, -0.05) is 23.2 Å². The zero-order chi connectivity index (χ0) is 21.5. The van der Waals surface area contributed by atoms with Gasteiger partial charge in [0.1, 0.15) is 17.3 Å². The topological polar surface area (TPSA) is 63.5 Å². The zero-order valence-corrected chi connectivity index (χ0v) is 18.3. The predicted molar refractivity (Wildman–Crippen MR) is 125 cm³/mol. The van der Waals surface area contributed by atoms with E-state index in [9.17, 15) is 4.79 Å². The third kappa shape index (κ3) is 6.35. The molecule has 30 heavy (non-hydrogen) atoms. The van der Waals surface area contributed by atoms with E-state index in [4.69, 9.17) is 44.6 Å². The Bertz CT molecular complexity index is 1060. The monoisotopic (exact) mass is 460 g/mol. The molecule has 0 aliphatic carbocycles. The van der Waals surface area contributed by atoms with Gasteiger partial charge >= 0.3 is 0 Å². The summed E-state index contributed by atoms with van der Waals surface area (Å²) in [6.45, 7) is 2.51. The minimum absolute atomic E-state index is 0.183. The van der Waals surface area contributed by atoms with Crippen LogP contribution in [0.25, 0.3) is 17.4 Å². The van der Waals surface area contributed by atoms with Crippen LogP contribution in [0.15, 0.2) is 65.1 Å². The first-order chi connectivity index (χ1) is 14.4. The van der Waals surface area contributed by atoms with Gasteiger partial charge in [0.25, 0.3) is 0 Å². The lowest BCUT2D eigenvalue weighted by molar-refractivity contribution is -0.115. The van der Waals surface area contributed by atoms with Gasteiger partial charge in [-0.25, -0.2) is 0 Å². The highest BCUT2D eigenvalue weighted by Crippen LogP contribution is 2.28. The highest BCUT2D eigenvalue weighted by atomic mass is 35.5. The normalized spacial score (nSPS) is 10.8. The number of benzene rings is 2. The van der Waals surface area contributed by atoms with E-state index in [-0.39, 0.29) is 11.0 Å². The number of furan rings is 1. The molecule has 5 nitrogen and oxygen atoms in total. The number of halogens is 2. The summed E-state index contributed by atoms with van der Waals surface area (Å²) in [6, 6.07) is 15.9.